The summed E-state index contributed by atoms with van der Waals surface area (Å²) in [6.07, 6.45) is 0.465. The van der Waals surface area contributed by atoms with Gasteiger partial charge in [-0.25, -0.2) is 0 Å². The van der Waals surface area contributed by atoms with E-state index in [2.05, 4.69) is 5.32 Å². The summed E-state index contributed by atoms with van der Waals surface area (Å²) in [6, 6.07) is 9.55. The maximum absolute atomic E-state index is 11.2. The van der Waals surface area contributed by atoms with Gasteiger partial charge in [0.1, 0.15) is 0 Å². The van der Waals surface area contributed by atoms with Crippen LogP contribution in [0.2, 0.25) is 0 Å². The van der Waals surface area contributed by atoms with Crippen LogP contribution in [-0.2, 0) is 11.2 Å². The van der Waals surface area contributed by atoms with Crippen LogP contribution in [-0.4, -0.2) is 23.2 Å². The van der Waals surface area contributed by atoms with Crippen LogP contribution in [0, 0.1) is 0 Å². The predicted molar refractivity (Wildman–Crippen MR) is 64.0 cm³/mol. The Labute approximate surface area is 96.5 Å². The number of aliphatic hydroxyl groups is 1. The average molecular weight is 221 g/mol. The Bertz CT molecular complexity index is 324. The van der Waals surface area contributed by atoms with Crippen molar-refractivity contribution in [2.24, 2.45) is 0 Å². The van der Waals surface area contributed by atoms with E-state index in [1.54, 1.807) is 6.92 Å². The number of carbonyl (C=O) groups excluding carboxylic acids is 1. The van der Waals surface area contributed by atoms with Gasteiger partial charge < -0.3 is 10.4 Å². The first-order chi connectivity index (χ1) is 7.63. The number of amides is 1. The van der Waals surface area contributed by atoms with Gasteiger partial charge in [-0.05, 0) is 12.5 Å². The van der Waals surface area contributed by atoms with Crippen molar-refractivity contribution in [1.82, 2.24) is 5.32 Å². The number of aliphatic hydroxyl groups excluding tert-OH is 1. The Morgan fingerprint density at radius 2 is 2.00 bits per heavy atom. The zero-order valence-corrected chi connectivity index (χ0v) is 9.81. The number of carbonyl (C=O) groups is 1. The molecule has 0 radical (unpaired) electrons. The third-order valence-corrected chi connectivity index (χ3v) is 2.57. The number of benzene rings is 1. The predicted octanol–water partition coefficient (Wildman–Crippen LogP) is 1.50. The normalized spacial score (nSPS) is 14.2. The van der Waals surface area contributed by atoms with Gasteiger partial charge in [-0.15, -0.1) is 0 Å². The first-order valence-corrected chi connectivity index (χ1v) is 5.64. The van der Waals surface area contributed by atoms with Gasteiger partial charge in [0.25, 0.3) is 0 Å². The molecule has 0 fully saturated rings. The zero-order chi connectivity index (χ0) is 12.0. The minimum Gasteiger partial charge on any atom is -0.391 e. The van der Waals surface area contributed by atoms with Crippen LogP contribution in [0.4, 0.5) is 0 Å². The van der Waals surface area contributed by atoms with E-state index in [-0.39, 0.29) is 11.9 Å². The molecule has 0 aliphatic carbocycles. The number of nitrogens with one attached hydrogen (secondary N) is 1. The van der Waals surface area contributed by atoms with Crippen molar-refractivity contribution >= 4 is 5.91 Å². The fraction of sp³-hybridized carbons (Fsp3) is 0.462. The molecule has 2 atom stereocenters. The van der Waals surface area contributed by atoms with E-state index in [9.17, 15) is 9.90 Å². The second-order valence-corrected chi connectivity index (χ2v) is 3.97. The minimum atomic E-state index is -0.544. The molecule has 0 saturated heterocycles. The molecule has 1 rings (SSSR count). The molecule has 0 aliphatic heterocycles. The van der Waals surface area contributed by atoms with Crippen molar-refractivity contribution in [1.29, 1.82) is 0 Å². The molecule has 0 aliphatic rings. The van der Waals surface area contributed by atoms with Gasteiger partial charge in [-0.2, -0.15) is 0 Å². The quantitative estimate of drug-likeness (QED) is 0.791. The first kappa shape index (κ1) is 12.7. The standard InChI is InChI=1S/C13H19NO2/c1-3-13(16)14-10(2)12(15)9-11-7-5-4-6-8-11/h4-8,10,12,15H,3,9H2,1-2H3,(H,14,16). The maximum Gasteiger partial charge on any atom is 0.220 e. The van der Waals surface area contributed by atoms with Gasteiger partial charge in [0.2, 0.25) is 5.91 Å². The molecule has 2 unspecified atom stereocenters. The van der Waals surface area contributed by atoms with Crippen LogP contribution >= 0.6 is 0 Å². The monoisotopic (exact) mass is 221 g/mol. The van der Waals surface area contributed by atoms with Crippen LogP contribution < -0.4 is 5.32 Å². The summed E-state index contributed by atoms with van der Waals surface area (Å²) in [6.45, 7) is 3.62. The number of rotatable bonds is 5. The molecule has 2 N–H and O–H groups in total. The number of hydrogen-bond acceptors (Lipinski definition) is 2. The molecule has 88 valence electrons. The largest absolute Gasteiger partial charge is 0.391 e. The lowest BCUT2D eigenvalue weighted by molar-refractivity contribution is -0.122. The zero-order valence-electron chi connectivity index (χ0n) is 9.81. The van der Waals surface area contributed by atoms with E-state index in [0.29, 0.717) is 12.8 Å². The molecule has 0 bridgehead atoms. The summed E-state index contributed by atoms with van der Waals surface area (Å²) in [5.74, 6) is -0.0281. The van der Waals surface area contributed by atoms with E-state index >= 15 is 0 Å². The maximum atomic E-state index is 11.2. The summed E-state index contributed by atoms with van der Waals surface area (Å²) >= 11 is 0. The highest BCUT2D eigenvalue weighted by molar-refractivity contribution is 5.75. The van der Waals surface area contributed by atoms with Gasteiger partial charge >= 0.3 is 0 Å². The van der Waals surface area contributed by atoms with E-state index < -0.39 is 6.10 Å². The van der Waals surface area contributed by atoms with Crippen molar-refractivity contribution in [2.45, 2.75) is 38.8 Å². The fourth-order valence-electron chi connectivity index (χ4n) is 1.48. The Morgan fingerprint density at radius 1 is 1.38 bits per heavy atom. The van der Waals surface area contributed by atoms with Gasteiger partial charge in [-0.1, -0.05) is 37.3 Å². The molecule has 0 heterocycles. The van der Waals surface area contributed by atoms with Crippen LogP contribution in [0.3, 0.4) is 0 Å². The highest BCUT2D eigenvalue weighted by Gasteiger charge is 2.15. The molecule has 16 heavy (non-hydrogen) atoms. The van der Waals surface area contributed by atoms with Gasteiger partial charge in [0, 0.05) is 12.8 Å². The van der Waals surface area contributed by atoms with Crippen LogP contribution in [0.25, 0.3) is 0 Å². The van der Waals surface area contributed by atoms with Crippen LogP contribution in [0.15, 0.2) is 30.3 Å². The summed E-state index contributed by atoms with van der Waals surface area (Å²) in [7, 11) is 0. The van der Waals surface area contributed by atoms with Crippen molar-refractivity contribution in [3.8, 4) is 0 Å². The Morgan fingerprint density at radius 3 is 2.56 bits per heavy atom. The molecular weight excluding hydrogens is 202 g/mol. The Kier molecular flexibility index (Phi) is 4.99. The Balaban J connectivity index is 2.46. The molecule has 1 aromatic rings. The van der Waals surface area contributed by atoms with Crippen molar-refractivity contribution in [2.75, 3.05) is 0 Å². The molecular formula is C13H19NO2. The molecule has 1 amide bonds. The minimum absolute atomic E-state index is 0.0281. The Hall–Kier alpha value is -1.35. The smallest absolute Gasteiger partial charge is 0.220 e. The fourth-order valence-corrected chi connectivity index (χ4v) is 1.48. The molecule has 0 spiro atoms. The lowest BCUT2D eigenvalue weighted by Gasteiger charge is -2.20. The molecule has 3 heteroatoms. The van der Waals surface area contributed by atoms with E-state index in [1.807, 2.05) is 37.3 Å². The summed E-state index contributed by atoms with van der Waals surface area (Å²) < 4.78 is 0. The highest BCUT2D eigenvalue weighted by Crippen LogP contribution is 2.05. The molecule has 3 nitrogen and oxygen atoms in total. The lowest BCUT2D eigenvalue weighted by Crippen LogP contribution is -2.41. The van der Waals surface area contributed by atoms with Crippen LogP contribution in [0.5, 0.6) is 0 Å². The summed E-state index contributed by atoms with van der Waals surface area (Å²) in [5.41, 5.74) is 1.08. The van der Waals surface area contributed by atoms with Crippen molar-refractivity contribution in [3.63, 3.8) is 0 Å². The third kappa shape index (κ3) is 4.03. The topological polar surface area (TPSA) is 49.3 Å². The van der Waals surface area contributed by atoms with Gasteiger partial charge in [0.15, 0.2) is 0 Å². The van der Waals surface area contributed by atoms with Crippen molar-refractivity contribution in [3.05, 3.63) is 35.9 Å². The third-order valence-electron chi connectivity index (χ3n) is 2.57. The second kappa shape index (κ2) is 6.28. The summed E-state index contributed by atoms with van der Waals surface area (Å²) in [4.78, 5) is 11.2. The van der Waals surface area contributed by atoms with Gasteiger partial charge in [-0.3, -0.25) is 4.79 Å². The molecule has 1 aromatic carbocycles. The number of hydrogen-bond donors (Lipinski definition) is 2. The van der Waals surface area contributed by atoms with Crippen LogP contribution in [0.1, 0.15) is 25.8 Å². The summed E-state index contributed by atoms with van der Waals surface area (Å²) in [5, 5.41) is 12.7. The van der Waals surface area contributed by atoms with E-state index in [4.69, 9.17) is 0 Å². The second-order valence-electron chi connectivity index (χ2n) is 3.97. The highest BCUT2D eigenvalue weighted by atomic mass is 16.3. The SMILES string of the molecule is CCC(=O)NC(C)C(O)Cc1ccccc1. The van der Waals surface area contributed by atoms with E-state index in [1.165, 1.54) is 0 Å². The lowest BCUT2D eigenvalue weighted by atomic mass is 10.0. The van der Waals surface area contributed by atoms with E-state index in [0.717, 1.165) is 5.56 Å². The first-order valence-electron chi connectivity index (χ1n) is 5.64. The molecule has 0 saturated carbocycles. The molecule has 0 aromatic heterocycles. The van der Waals surface area contributed by atoms with Gasteiger partial charge in [0.05, 0.1) is 12.1 Å². The average Bonchev–Trinajstić information content (AvgIpc) is 2.30. The van der Waals surface area contributed by atoms with Crippen molar-refractivity contribution < 1.29 is 9.90 Å².